The van der Waals surface area contributed by atoms with Crippen molar-refractivity contribution >= 4 is 33.4 Å². The number of aliphatic hydroxyl groups excluding tert-OH is 1. The van der Waals surface area contributed by atoms with Crippen molar-refractivity contribution in [3.8, 4) is 0 Å². The number of nitrogens with zero attached hydrogens (tertiary/aromatic N) is 3. The molecule has 2 heterocycles. The van der Waals surface area contributed by atoms with E-state index in [2.05, 4.69) is 20.2 Å². The average molecular weight is 714 g/mol. The number of thioether (sulfide) groups is 1. The number of aliphatic hydroxyl groups is 1. The first-order valence-electron chi connectivity index (χ1n) is 16.2. The van der Waals surface area contributed by atoms with Gasteiger partial charge in [-0.3, -0.25) is 4.79 Å². The first kappa shape index (κ1) is 35.5. The topological polar surface area (TPSA) is 145 Å². The molecular formula is C37H39N5O6S2. The Morgan fingerprint density at radius 2 is 1.72 bits per heavy atom. The molecule has 13 heteroatoms. The Kier molecular flexibility index (Phi) is 11.4. The Morgan fingerprint density at radius 3 is 2.42 bits per heavy atom. The van der Waals surface area contributed by atoms with Gasteiger partial charge in [0.25, 0.3) is 0 Å². The first-order valence-corrected chi connectivity index (χ1v) is 18.6. The molecule has 0 aliphatic carbocycles. The van der Waals surface area contributed by atoms with Crippen molar-refractivity contribution in [1.29, 1.82) is 0 Å². The number of hydrogen-bond acceptors (Lipinski definition) is 9. The van der Waals surface area contributed by atoms with Gasteiger partial charge in [-0.25, -0.2) is 8.42 Å². The van der Waals surface area contributed by atoms with Crippen LogP contribution in [0.15, 0.2) is 120 Å². The summed E-state index contributed by atoms with van der Waals surface area (Å²) >= 11 is 1.54. The molecule has 1 aromatic heterocycles. The van der Waals surface area contributed by atoms with E-state index in [1.54, 1.807) is 48.4 Å². The van der Waals surface area contributed by atoms with Crippen LogP contribution in [0, 0.1) is 6.92 Å². The number of anilines is 1. The average Bonchev–Trinajstić information content (AvgIpc) is 3.55. The molecule has 260 valence electrons. The van der Waals surface area contributed by atoms with Crippen molar-refractivity contribution in [2.24, 2.45) is 7.05 Å². The molecule has 1 aliphatic rings. The molecule has 1 fully saturated rings. The molecule has 1 saturated heterocycles. The highest BCUT2D eigenvalue weighted by atomic mass is 32.2. The number of benzene rings is 4. The standard InChI is InChI=1S/C37H39N5O6S2/c1-25-11-17-32(18-12-25)50(45,46)41-33(19-26-7-4-3-5-8-26)35(44)39-30-10-6-9-29(20-30)36-47-31(23-49-37-40-38-24-42(37)2)21-34(48-36)28-15-13-27(22-43)14-16-28/h3-18,20,24,31,33-34,36,41,43H,19,21-23H2,1-2H3,(H,39,44). The van der Waals surface area contributed by atoms with Crippen LogP contribution in [0.5, 0.6) is 0 Å². The molecule has 0 spiro atoms. The van der Waals surface area contributed by atoms with Crippen LogP contribution >= 0.6 is 11.8 Å². The number of nitrogens with one attached hydrogen (secondary N) is 2. The monoisotopic (exact) mass is 713 g/mol. The Hall–Kier alpha value is -4.37. The minimum Gasteiger partial charge on any atom is -0.392 e. The van der Waals surface area contributed by atoms with E-state index in [4.69, 9.17) is 9.47 Å². The molecule has 3 N–H and O–H groups in total. The van der Waals surface area contributed by atoms with Crippen LogP contribution in [0.1, 0.15) is 46.6 Å². The van der Waals surface area contributed by atoms with Crippen LogP contribution in [-0.4, -0.2) is 52.1 Å². The van der Waals surface area contributed by atoms with Gasteiger partial charge in [0.15, 0.2) is 11.4 Å². The summed E-state index contributed by atoms with van der Waals surface area (Å²) in [5.41, 5.74) is 4.65. The van der Waals surface area contributed by atoms with Gasteiger partial charge in [-0.1, -0.05) is 96.2 Å². The lowest BCUT2D eigenvalue weighted by atomic mass is 10.0. The third-order valence-corrected chi connectivity index (χ3v) is 11.0. The van der Waals surface area contributed by atoms with E-state index in [1.807, 2.05) is 79.2 Å². The summed E-state index contributed by atoms with van der Waals surface area (Å²) in [6, 6.07) is 29.5. The Morgan fingerprint density at radius 1 is 0.960 bits per heavy atom. The van der Waals surface area contributed by atoms with Gasteiger partial charge in [0.1, 0.15) is 12.4 Å². The van der Waals surface area contributed by atoms with E-state index in [-0.39, 0.29) is 30.1 Å². The molecule has 0 saturated carbocycles. The number of carbonyl (C=O) groups is 1. The van der Waals surface area contributed by atoms with Crippen LogP contribution in [0.2, 0.25) is 0 Å². The normalized spacial score (nSPS) is 18.4. The van der Waals surface area contributed by atoms with E-state index in [0.29, 0.717) is 23.4 Å². The highest BCUT2D eigenvalue weighted by Gasteiger charge is 2.33. The summed E-state index contributed by atoms with van der Waals surface area (Å²) in [5, 5.41) is 21.4. The predicted molar refractivity (Wildman–Crippen MR) is 191 cm³/mol. The van der Waals surface area contributed by atoms with E-state index in [0.717, 1.165) is 27.4 Å². The minimum atomic E-state index is -4.00. The molecule has 0 bridgehead atoms. The Bertz CT molecular complexity index is 1990. The summed E-state index contributed by atoms with van der Waals surface area (Å²) in [6.45, 7) is 1.83. The molecule has 11 nitrogen and oxygen atoms in total. The highest BCUT2D eigenvalue weighted by molar-refractivity contribution is 7.99. The number of sulfonamides is 1. The second-order valence-electron chi connectivity index (χ2n) is 12.2. The molecule has 4 atom stereocenters. The second-order valence-corrected chi connectivity index (χ2v) is 14.9. The van der Waals surface area contributed by atoms with Gasteiger partial charge >= 0.3 is 0 Å². The minimum absolute atomic E-state index is 0.0490. The SMILES string of the molecule is Cc1ccc(S(=O)(=O)NC(Cc2ccccc2)C(=O)Nc2cccc(C3OC(CSc4nncn4C)CC(c4ccc(CO)cc4)O3)c2)cc1. The van der Waals surface area contributed by atoms with Crippen LogP contribution in [0.4, 0.5) is 5.69 Å². The number of hydrogen-bond donors (Lipinski definition) is 3. The molecule has 4 aromatic carbocycles. The van der Waals surface area contributed by atoms with Crippen molar-refractivity contribution in [1.82, 2.24) is 19.5 Å². The number of ether oxygens (including phenoxy) is 2. The number of aryl methyl sites for hydroxylation is 2. The van der Waals surface area contributed by atoms with Crippen molar-refractivity contribution in [2.75, 3.05) is 11.1 Å². The zero-order chi connectivity index (χ0) is 35.1. The van der Waals surface area contributed by atoms with Gasteiger partial charge in [0.05, 0.1) is 23.7 Å². The van der Waals surface area contributed by atoms with Gasteiger partial charge in [0.2, 0.25) is 15.9 Å². The zero-order valence-electron chi connectivity index (χ0n) is 27.7. The van der Waals surface area contributed by atoms with E-state index in [1.165, 1.54) is 12.1 Å². The van der Waals surface area contributed by atoms with Crippen LogP contribution < -0.4 is 10.0 Å². The number of carbonyl (C=O) groups excluding carboxylic acids is 1. The number of aromatic nitrogens is 3. The summed E-state index contributed by atoms with van der Waals surface area (Å²) < 4.78 is 44.2. The Balaban J connectivity index is 1.22. The van der Waals surface area contributed by atoms with Crippen molar-refractivity contribution in [3.05, 3.63) is 137 Å². The molecule has 1 amide bonds. The van der Waals surface area contributed by atoms with Gasteiger partial charge in [-0.05, 0) is 54.3 Å². The van der Waals surface area contributed by atoms with E-state index >= 15 is 0 Å². The van der Waals surface area contributed by atoms with Crippen LogP contribution in [-0.2, 0) is 44.4 Å². The fourth-order valence-corrected chi connectivity index (χ4v) is 7.70. The second kappa shape index (κ2) is 16.1. The molecular weight excluding hydrogens is 675 g/mol. The summed E-state index contributed by atoms with van der Waals surface area (Å²) in [6.07, 6.45) is 1.14. The molecule has 50 heavy (non-hydrogen) atoms. The predicted octanol–water partition coefficient (Wildman–Crippen LogP) is 5.48. The molecule has 6 rings (SSSR count). The van der Waals surface area contributed by atoms with Crippen LogP contribution in [0.25, 0.3) is 0 Å². The van der Waals surface area contributed by atoms with Gasteiger partial charge < -0.3 is 24.5 Å². The molecule has 4 unspecified atom stereocenters. The fraction of sp³-hybridized carbons (Fsp3) is 0.270. The first-order chi connectivity index (χ1) is 24.2. The van der Waals surface area contributed by atoms with E-state index < -0.39 is 28.3 Å². The maximum atomic E-state index is 13.8. The smallest absolute Gasteiger partial charge is 0.242 e. The lowest BCUT2D eigenvalue weighted by Crippen LogP contribution is -2.45. The fourth-order valence-electron chi connectivity index (χ4n) is 5.60. The third-order valence-electron chi connectivity index (χ3n) is 8.34. The summed E-state index contributed by atoms with van der Waals surface area (Å²) in [5.74, 6) is 0.100. The zero-order valence-corrected chi connectivity index (χ0v) is 29.3. The highest BCUT2D eigenvalue weighted by Crippen LogP contribution is 2.39. The number of amides is 1. The van der Waals surface area contributed by atoms with Gasteiger partial charge in [-0.2, -0.15) is 4.72 Å². The maximum absolute atomic E-state index is 13.8. The lowest BCUT2D eigenvalue weighted by molar-refractivity contribution is -0.245. The summed E-state index contributed by atoms with van der Waals surface area (Å²) in [4.78, 5) is 13.9. The maximum Gasteiger partial charge on any atom is 0.242 e. The van der Waals surface area contributed by atoms with Gasteiger partial charge in [0, 0.05) is 30.5 Å². The molecule has 1 aliphatic heterocycles. The van der Waals surface area contributed by atoms with Crippen molar-refractivity contribution in [3.63, 3.8) is 0 Å². The quantitative estimate of drug-likeness (QED) is 0.135. The lowest BCUT2D eigenvalue weighted by Gasteiger charge is -2.36. The number of rotatable bonds is 13. The third kappa shape index (κ3) is 9.04. The van der Waals surface area contributed by atoms with Gasteiger partial charge in [-0.15, -0.1) is 10.2 Å². The van der Waals surface area contributed by atoms with Crippen molar-refractivity contribution < 1.29 is 27.8 Å². The molecule has 0 radical (unpaired) electrons. The molecule has 5 aromatic rings. The summed E-state index contributed by atoms with van der Waals surface area (Å²) in [7, 11) is -2.12. The van der Waals surface area contributed by atoms with Crippen LogP contribution in [0.3, 0.4) is 0 Å². The van der Waals surface area contributed by atoms with Crippen molar-refractivity contribution in [2.45, 2.75) is 61.0 Å². The Labute approximate surface area is 296 Å². The van der Waals surface area contributed by atoms with E-state index in [9.17, 15) is 18.3 Å². The largest absolute Gasteiger partial charge is 0.392 e.